The van der Waals surface area contributed by atoms with E-state index in [0.717, 1.165) is 42.7 Å². The quantitative estimate of drug-likeness (QED) is 0.568. The molecule has 17 heavy (non-hydrogen) atoms. The highest BCUT2D eigenvalue weighted by molar-refractivity contribution is 7.80. The summed E-state index contributed by atoms with van der Waals surface area (Å²) in [4.78, 5) is 1.03. The van der Waals surface area contributed by atoms with Crippen molar-refractivity contribution in [3.05, 3.63) is 22.8 Å². The average Bonchev–Trinajstić information content (AvgIpc) is 2.31. The molecule has 0 bridgehead atoms. The predicted octanol–water partition coefficient (Wildman–Crippen LogP) is 4.42. The molecule has 0 atom stereocenters. The zero-order chi connectivity index (χ0) is 12.8. The van der Waals surface area contributed by atoms with Gasteiger partial charge in [-0.05, 0) is 36.0 Å². The Morgan fingerprint density at radius 2 is 1.47 bits per heavy atom. The van der Waals surface area contributed by atoms with Crippen LogP contribution < -0.4 is 5.73 Å². The molecule has 0 aliphatic rings. The summed E-state index contributed by atoms with van der Waals surface area (Å²) in [6.45, 7) is 6.62. The lowest BCUT2D eigenvalue weighted by Crippen LogP contribution is -2.04. The van der Waals surface area contributed by atoms with Gasteiger partial charge in [-0.3, -0.25) is 0 Å². The van der Waals surface area contributed by atoms with Gasteiger partial charge in [0.15, 0.2) is 0 Å². The van der Waals surface area contributed by atoms with Crippen LogP contribution in [0.1, 0.15) is 56.7 Å². The van der Waals surface area contributed by atoms with Crippen LogP contribution in [0.3, 0.4) is 0 Å². The fourth-order valence-corrected chi connectivity index (χ4v) is 2.74. The van der Waals surface area contributed by atoms with Crippen LogP contribution in [0, 0.1) is 0 Å². The molecule has 0 saturated carbocycles. The number of hydrogen-bond acceptors (Lipinski definition) is 2. The predicted molar refractivity (Wildman–Crippen MR) is 80.1 cm³/mol. The number of nitrogens with two attached hydrogens (primary N) is 1. The van der Waals surface area contributed by atoms with Crippen LogP contribution in [0.15, 0.2) is 11.0 Å². The summed E-state index contributed by atoms with van der Waals surface area (Å²) >= 11 is 4.65. The van der Waals surface area contributed by atoms with Crippen LogP contribution in [0.4, 0.5) is 5.69 Å². The topological polar surface area (TPSA) is 26.0 Å². The van der Waals surface area contributed by atoms with Crippen molar-refractivity contribution in [1.29, 1.82) is 0 Å². The van der Waals surface area contributed by atoms with E-state index >= 15 is 0 Å². The third-order valence-corrected chi connectivity index (χ3v) is 3.67. The molecular weight excluding hydrogens is 226 g/mol. The minimum absolute atomic E-state index is 0.901. The normalized spacial score (nSPS) is 10.8. The Balaban J connectivity index is 3.23. The molecule has 2 N–H and O–H groups in total. The van der Waals surface area contributed by atoms with E-state index in [1.54, 1.807) is 0 Å². The van der Waals surface area contributed by atoms with Crippen LogP contribution in [0.2, 0.25) is 0 Å². The summed E-state index contributed by atoms with van der Waals surface area (Å²) < 4.78 is 0. The van der Waals surface area contributed by atoms with Gasteiger partial charge in [0.05, 0.1) is 0 Å². The number of thiol groups is 1. The Morgan fingerprint density at radius 1 is 0.941 bits per heavy atom. The van der Waals surface area contributed by atoms with Crippen molar-refractivity contribution in [1.82, 2.24) is 0 Å². The summed E-state index contributed by atoms with van der Waals surface area (Å²) in [5.74, 6) is 0. The van der Waals surface area contributed by atoms with E-state index in [-0.39, 0.29) is 0 Å². The third-order valence-electron chi connectivity index (χ3n) is 3.16. The highest BCUT2D eigenvalue weighted by Gasteiger charge is 2.12. The van der Waals surface area contributed by atoms with E-state index in [4.69, 9.17) is 5.73 Å². The van der Waals surface area contributed by atoms with Crippen molar-refractivity contribution >= 4 is 18.3 Å². The van der Waals surface area contributed by atoms with Crippen molar-refractivity contribution in [3.63, 3.8) is 0 Å². The van der Waals surface area contributed by atoms with Crippen molar-refractivity contribution in [2.75, 3.05) is 5.73 Å². The number of anilines is 1. The number of nitrogen functional groups attached to an aromatic ring is 1. The minimum Gasteiger partial charge on any atom is -0.398 e. The van der Waals surface area contributed by atoms with Crippen LogP contribution in [0.5, 0.6) is 0 Å². The highest BCUT2D eigenvalue weighted by Crippen LogP contribution is 2.31. The molecule has 1 aromatic rings. The number of benzene rings is 1. The van der Waals surface area contributed by atoms with Gasteiger partial charge in [-0.15, -0.1) is 12.6 Å². The van der Waals surface area contributed by atoms with E-state index < -0.39 is 0 Å². The van der Waals surface area contributed by atoms with E-state index in [2.05, 4.69) is 39.5 Å². The van der Waals surface area contributed by atoms with Gasteiger partial charge >= 0.3 is 0 Å². The molecule has 0 amide bonds. The second kappa shape index (κ2) is 6.95. The fraction of sp³-hybridized carbons (Fsp3) is 0.600. The second-order valence-electron chi connectivity index (χ2n) is 4.69. The highest BCUT2D eigenvalue weighted by atomic mass is 32.1. The molecular formula is C15H25NS. The Bertz CT molecular complexity index is 372. The number of hydrogen-bond donors (Lipinski definition) is 2. The Kier molecular flexibility index (Phi) is 5.90. The smallest absolute Gasteiger partial charge is 0.0485 e. The number of aryl methyl sites for hydroxylation is 2. The van der Waals surface area contributed by atoms with Gasteiger partial charge < -0.3 is 5.73 Å². The average molecular weight is 251 g/mol. The summed E-state index contributed by atoms with van der Waals surface area (Å²) in [6, 6.07) is 2.31. The molecule has 0 heterocycles. The maximum Gasteiger partial charge on any atom is 0.0485 e. The molecule has 0 saturated heterocycles. The Morgan fingerprint density at radius 3 is 2.00 bits per heavy atom. The molecule has 0 fully saturated rings. The molecule has 0 unspecified atom stereocenters. The molecule has 0 spiro atoms. The van der Waals surface area contributed by atoms with Gasteiger partial charge in [0, 0.05) is 10.6 Å². The van der Waals surface area contributed by atoms with Crippen molar-refractivity contribution in [2.45, 2.75) is 64.2 Å². The van der Waals surface area contributed by atoms with Crippen molar-refractivity contribution in [2.24, 2.45) is 0 Å². The van der Waals surface area contributed by atoms with Gasteiger partial charge in [-0.2, -0.15) is 0 Å². The van der Waals surface area contributed by atoms with Crippen molar-refractivity contribution in [3.8, 4) is 0 Å². The SMILES string of the molecule is CCCc1cc(CCC)c(CCC)c(S)c1N. The van der Waals surface area contributed by atoms with Gasteiger partial charge in [0.1, 0.15) is 0 Å². The van der Waals surface area contributed by atoms with E-state index in [0.29, 0.717) is 0 Å². The molecule has 1 rings (SSSR count). The molecule has 2 heteroatoms. The molecule has 1 nitrogen and oxygen atoms in total. The second-order valence-corrected chi connectivity index (χ2v) is 5.13. The first kappa shape index (κ1) is 14.4. The standard InChI is InChI=1S/C15H25NS/c1-4-7-11-10-12(8-5-2)14(16)15(17)13(11)9-6-3/h10,17H,4-9,16H2,1-3H3. The Labute approximate surface area is 111 Å². The first-order valence-electron chi connectivity index (χ1n) is 6.77. The molecule has 0 aromatic heterocycles. The van der Waals surface area contributed by atoms with E-state index in [1.807, 2.05) is 0 Å². The summed E-state index contributed by atoms with van der Waals surface area (Å²) in [7, 11) is 0. The van der Waals surface area contributed by atoms with Gasteiger partial charge in [0.2, 0.25) is 0 Å². The first-order chi connectivity index (χ1) is 8.15. The molecule has 0 aliphatic carbocycles. The maximum atomic E-state index is 6.19. The number of rotatable bonds is 6. The van der Waals surface area contributed by atoms with Crippen LogP contribution >= 0.6 is 12.6 Å². The zero-order valence-corrected chi connectivity index (χ0v) is 12.2. The zero-order valence-electron chi connectivity index (χ0n) is 11.3. The lowest BCUT2D eigenvalue weighted by atomic mass is 9.94. The van der Waals surface area contributed by atoms with Crippen LogP contribution in [-0.2, 0) is 19.3 Å². The van der Waals surface area contributed by atoms with E-state index in [1.165, 1.54) is 23.1 Å². The minimum atomic E-state index is 0.901. The van der Waals surface area contributed by atoms with Crippen molar-refractivity contribution < 1.29 is 0 Å². The third kappa shape index (κ3) is 3.41. The fourth-order valence-electron chi connectivity index (χ4n) is 2.34. The van der Waals surface area contributed by atoms with Gasteiger partial charge in [-0.1, -0.05) is 46.1 Å². The summed E-state index contributed by atoms with van der Waals surface area (Å²) in [5, 5.41) is 0. The Hall–Kier alpha value is -0.630. The van der Waals surface area contributed by atoms with Gasteiger partial charge in [-0.25, -0.2) is 0 Å². The molecule has 96 valence electrons. The maximum absolute atomic E-state index is 6.19. The molecule has 1 aromatic carbocycles. The van der Waals surface area contributed by atoms with Crippen LogP contribution in [0.25, 0.3) is 0 Å². The van der Waals surface area contributed by atoms with E-state index in [9.17, 15) is 0 Å². The van der Waals surface area contributed by atoms with Crippen LogP contribution in [-0.4, -0.2) is 0 Å². The monoisotopic (exact) mass is 251 g/mol. The summed E-state index contributed by atoms with van der Waals surface area (Å²) in [6.07, 6.45) is 6.75. The summed E-state index contributed by atoms with van der Waals surface area (Å²) in [5.41, 5.74) is 11.2. The molecule has 0 aliphatic heterocycles. The lowest BCUT2D eigenvalue weighted by molar-refractivity contribution is 0.834. The largest absolute Gasteiger partial charge is 0.398 e. The lowest BCUT2D eigenvalue weighted by Gasteiger charge is -2.17. The first-order valence-corrected chi connectivity index (χ1v) is 7.22. The van der Waals surface area contributed by atoms with Gasteiger partial charge in [0.25, 0.3) is 0 Å². The molecule has 0 radical (unpaired) electrons.